The highest BCUT2D eigenvalue weighted by Crippen LogP contribution is 2.31. The number of alkyl halides is 3. The topological polar surface area (TPSA) is 47.3 Å². The van der Waals surface area contributed by atoms with Crippen molar-refractivity contribution in [3.8, 4) is 5.75 Å². The Morgan fingerprint density at radius 2 is 1.90 bits per heavy atom. The van der Waals surface area contributed by atoms with Crippen LogP contribution >= 0.6 is 15.9 Å². The van der Waals surface area contributed by atoms with E-state index in [2.05, 4.69) is 26.0 Å². The summed E-state index contributed by atoms with van der Waals surface area (Å²) in [6.07, 6.45) is -0.572. The summed E-state index contributed by atoms with van der Waals surface area (Å²) in [7, 11) is 0. The third kappa shape index (κ3) is 5.48. The van der Waals surface area contributed by atoms with Gasteiger partial charge in [0, 0.05) is 18.6 Å². The van der Waals surface area contributed by atoms with E-state index in [9.17, 15) is 13.2 Å². The average molecular weight is 367 g/mol. The molecule has 0 bridgehead atoms. The summed E-state index contributed by atoms with van der Waals surface area (Å²) < 4.78 is 40.7. The number of hydrogen-bond acceptors (Lipinski definition) is 3. The third-order valence-electron chi connectivity index (χ3n) is 3.59. The lowest BCUT2D eigenvalue weighted by molar-refractivity contribution is -0.274. The molecular weight excluding hydrogens is 349 g/mol. The summed E-state index contributed by atoms with van der Waals surface area (Å²) in [4.78, 5) is 0. The highest BCUT2D eigenvalue weighted by molar-refractivity contribution is 9.10. The number of nitrogens with two attached hydrogens (primary N) is 1. The number of halogens is 4. The summed E-state index contributed by atoms with van der Waals surface area (Å²) in [6, 6.07) is 5.33. The highest BCUT2D eigenvalue weighted by Gasteiger charge is 2.31. The molecule has 21 heavy (non-hydrogen) atoms. The van der Waals surface area contributed by atoms with Gasteiger partial charge in [-0.25, -0.2) is 0 Å². The molecule has 0 spiro atoms. The van der Waals surface area contributed by atoms with E-state index < -0.39 is 6.36 Å². The Morgan fingerprint density at radius 3 is 2.48 bits per heavy atom. The van der Waals surface area contributed by atoms with E-state index in [-0.39, 0.29) is 5.75 Å². The monoisotopic (exact) mass is 366 g/mol. The van der Waals surface area contributed by atoms with E-state index in [0.29, 0.717) is 23.1 Å². The molecule has 0 aromatic heterocycles. The van der Waals surface area contributed by atoms with Crippen LogP contribution in [0.3, 0.4) is 0 Å². The third-order valence-corrected chi connectivity index (χ3v) is 4.21. The molecule has 3 N–H and O–H groups in total. The molecule has 1 aliphatic rings. The summed E-state index contributed by atoms with van der Waals surface area (Å²) in [5.41, 5.74) is 6.76. The summed E-state index contributed by atoms with van der Waals surface area (Å²) in [6.45, 7) is 0.616. The minimum atomic E-state index is -4.68. The molecule has 1 aromatic rings. The van der Waals surface area contributed by atoms with Gasteiger partial charge in [-0.2, -0.15) is 0 Å². The first-order valence-electron chi connectivity index (χ1n) is 6.86. The van der Waals surface area contributed by atoms with Gasteiger partial charge in [-0.1, -0.05) is 6.07 Å². The van der Waals surface area contributed by atoms with E-state index in [1.807, 2.05) is 0 Å². The Bertz CT molecular complexity index is 474. The maximum absolute atomic E-state index is 12.2. The van der Waals surface area contributed by atoms with Crippen LogP contribution in [0, 0.1) is 0 Å². The second-order valence-electron chi connectivity index (χ2n) is 5.31. The van der Waals surface area contributed by atoms with Crippen molar-refractivity contribution in [3.05, 3.63) is 28.2 Å². The Morgan fingerprint density at radius 1 is 1.24 bits per heavy atom. The number of benzene rings is 1. The van der Waals surface area contributed by atoms with Crippen LogP contribution in [-0.4, -0.2) is 18.4 Å². The van der Waals surface area contributed by atoms with Crippen molar-refractivity contribution < 1.29 is 17.9 Å². The molecule has 3 nitrogen and oxygen atoms in total. The Kier molecular flexibility index (Phi) is 5.51. The summed E-state index contributed by atoms with van der Waals surface area (Å²) in [5.74, 6) is -0.227. The van der Waals surface area contributed by atoms with Gasteiger partial charge in [0.1, 0.15) is 5.75 Å². The molecule has 1 aliphatic carbocycles. The number of ether oxygens (including phenoxy) is 1. The van der Waals surface area contributed by atoms with Crippen LogP contribution in [0.25, 0.3) is 0 Å². The molecule has 0 aliphatic heterocycles. The lowest BCUT2D eigenvalue weighted by Gasteiger charge is -2.27. The van der Waals surface area contributed by atoms with E-state index in [1.54, 1.807) is 12.1 Å². The Hall–Kier alpha value is -0.790. The predicted molar refractivity (Wildman–Crippen MR) is 77.9 cm³/mol. The smallest absolute Gasteiger partial charge is 0.405 e. The first kappa shape index (κ1) is 16.6. The van der Waals surface area contributed by atoms with Crippen molar-refractivity contribution in [3.63, 3.8) is 0 Å². The average Bonchev–Trinajstić information content (AvgIpc) is 2.40. The van der Waals surface area contributed by atoms with Crippen molar-refractivity contribution in [2.75, 3.05) is 0 Å². The minimum Gasteiger partial charge on any atom is -0.405 e. The summed E-state index contributed by atoms with van der Waals surface area (Å²) >= 11 is 3.10. The Labute approximate surface area is 130 Å². The van der Waals surface area contributed by atoms with Crippen LogP contribution in [0.15, 0.2) is 22.7 Å². The normalized spacial score (nSPS) is 23.1. The van der Waals surface area contributed by atoms with Crippen molar-refractivity contribution in [1.82, 2.24) is 5.32 Å². The molecule has 0 amide bonds. The molecule has 1 fully saturated rings. The molecule has 7 heteroatoms. The van der Waals surface area contributed by atoms with E-state index >= 15 is 0 Å². The highest BCUT2D eigenvalue weighted by atomic mass is 79.9. The zero-order valence-corrected chi connectivity index (χ0v) is 13.0. The van der Waals surface area contributed by atoms with Gasteiger partial charge in [-0.05, 0) is 59.3 Å². The van der Waals surface area contributed by atoms with Gasteiger partial charge in [0.05, 0.1) is 4.47 Å². The maximum atomic E-state index is 12.2. The first-order valence-corrected chi connectivity index (χ1v) is 7.66. The van der Waals surface area contributed by atoms with Crippen LogP contribution in [0.1, 0.15) is 31.2 Å². The molecule has 2 rings (SSSR count). The molecular formula is C14H18BrF3N2O. The van der Waals surface area contributed by atoms with Gasteiger partial charge in [-0.3, -0.25) is 0 Å². The standard InChI is InChI=1S/C14H18BrF3N2O/c15-12-7-9(1-6-13(12)21-14(16,17)18)8-20-11-4-2-10(19)3-5-11/h1,6-7,10-11,20H,2-5,8,19H2. The lowest BCUT2D eigenvalue weighted by Crippen LogP contribution is -2.37. The second-order valence-corrected chi connectivity index (χ2v) is 6.16. The fourth-order valence-corrected chi connectivity index (χ4v) is 2.95. The van der Waals surface area contributed by atoms with Gasteiger partial charge in [0.2, 0.25) is 0 Å². The Balaban J connectivity index is 1.88. The van der Waals surface area contributed by atoms with Crippen LogP contribution in [0.2, 0.25) is 0 Å². The van der Waals surface area contributed by atoms with Crippen molar-refractivity contribution in [2.45, 2.75) is 50.7 Å². The van der Waals surface area contributed by atoms with Gasteiger partial charge >= 0.3 is 6.36 Å². The van der Waals surface area contributed by atoms with Gasteiger partial charge in [-0.15, -0.1) is 13.2 Å². The minimum absolute atomic E-state index is 0.227. The van der Waals surface area contributed by atoms with Gasteiger partial charge in [0.25, 0.3) is 0 Å². The fourth-order valence-electron chi connectivity index (χ4n) is 2.45. The van der Waals surface area contributed by atoms with E-state index in [4.69, 9.17) is 5.73 Å². The quantitative estimate of drug-likeness (QED) is 0.853. The fraction of sp³-hybridized carbons (Fsp3) is 0.571. The van der Waals surface area contributed by atoms with Crippen molar-refractivity contribution >= 4 is 15.9 Å². The van der Waals surface area contributed by atoms with Crippen LogP contribution in [0.5, 0.6) is 5.75 Å². The van der Waals surface area contributed by atoms with E-state index in [0.717, 1.165) is 31.2 Å². The summed E-state index contributed by atoms with van der Waals surface area (Å²) in [5, 5.41) is 3.41. The van der Waals surface area contributed by atoms with Gasteiger partial charge < -0.3 is 15.8 Å². The molecule has 1 aromatic carbocycles. The zero-order valence-electron chi connectivity index (χ0n) is 11.4. The number of rotatable bonds is 4. The molecule has 0 radical (unpaired) electrons. The van der Waals surface area contributed by atoms with Crippen molar-refractivity contribution in [1.29, 1.82) is 0 Å². The second kappa shape index (κ2) is 6.98. The van der Waals surface area contributed by atoms with Crippen LogP contribution in [-0.2, 0) is 6.54 Å². The molecule has 0 atom stereocenters. The number of hydrogen-bond donors (Lipinski definition) is 2. The molecule has 0 heterocycles. The van der Waals surface area contributed by atoms with Crippen molar-refractivity contribution in [2.24, 2.45) is 5.73 Å². The molecule has 0 saturated heterocycles. The zero-order chi connectivity index (χ0) is 15.5. The largest absolute Gasteiger partial charge is 0.573 e. The first-order chi connectivity index (χ1) is 9.83. The van der Waals surface area contributed by atoms with Crippen LogP contribution in [0.4, 0.5) is 13.2 Å². The predicted octanol–water partition coefficient (Wildman–Crippen LogP) is 3.71. The molecule has 1 saturated carbocycles. The van der Waals surface area contributed by atoms with E-state index in [1.165, 1.54) is 6.07 Å². The van der Waals surface area contributed by atoms with Gasteiger partial charge in [0.15, 0.2) is 0 Å². The molecule has 118 valence electrons. The SMILES string of the molecule is NC1CCC(NCc2ccc(OC(F)(F)F)c(Br)c2)CC1. The van der Waals surface area contributed by atoms with Crippen LogP contribution < -0.4 is 15.8 Å². The molecule has 0 unspecified atom stereocenters. The maximum Gasteiger partial charge on any atom is 0.573 e. The lowest BCUT2D eigenvalue weighted by atomic mass is 9.92. The number of nitrogens with one attached hydrogen (secondary N) is 1.